The Hall–Kier alpha value is -2.18. The molecule has 1 aromatic rings. The van der Waals surface area contributed by atoms with Gasteiger partial charge in [0.25, 0.3) is 5.91 Å². The molecule has 1 heterocycles. The van der Waals surface area contributed by atoms with Crippen LogP contribution in [-0.2, 0) is 4.79 Å². The van der Waals surface area contributed by atoms with Crippen LogP contribution in [0.25, 0.3) is 0 Å². The fraction of sp³-hybridized carbons (Fsp3) is 0.364. The third-order valence-corrected chi connectivity index (χ3v) is 2.49. The Morgan fingerprint density at radius 2 is 2.11 bits per heavy atom. The van der Waals surface area contributed by atoms with Crippen LogP contribution < -0.4 is 16.8 Å². The highest BCUT2D eigenvalue weighted by Crippen LogP contribution is 2.14. The Kier molecular flexibility index (Phi) is 3.85. The van der Waals surface area contributed by atoms with E-state index in [-0.39, 0.29) is 17.9 Å². The molecule has 0 aliphatic heterocycles. The van der Waals surface area contributed by atoms with Gasteiger partial charge in [-0.3, -0.25) is 9.59 Å². The Balaban J connectivity index is 2.78. The summed E-state index contributed by atoms with van der Waals surface area (Å²) in [7, 11) is 0. The van der Waals surface area contributed by atoms with Crippen molar-refractivity contribution in [3.63, 3.8) is 0 Å². The zero-order valence-corrected chi connectivity index (χ0v) is 10.2. The summed E-state index contributed by atoms with van der Waals surface area (Å²) in [5.41, 5.74) is 9.65. The highest BCUT2D eigenvalue weighted by Gasteiger charge is 2.26. The maximum absolute atomic E-state index is 12.9. The second kappa shape index (κ2) is 4.99. The average molecular weight is 254 g/mol. The Bertz CT molecular complexity index is 488. The van der Waals surface area contributed by atoms with Crippen LogP contribution in [0, 0.1) is 11.2 Å². The summed E-state index contributed by atoms with van der Waals surface area (Å²) in [5, 5.41) is 2.46. The fourth-order valence-electron chi connectivity index (χ4n) is 1.12. The number of nitrogens with zero attached hydrogens (tertiary/aromatic N) is 1. The maximum Gasteiger partial charge on any atom is 0.255 e. The molecule has 0 atom stereocenters. The van der Waals surface area contributed by atoms with Crippen molar-refractivity contribution in [1.29, 1.82) is 0 Å². The van der Waals surface area contributed by atoms with Crippen LogP contribution in [0.15, 0.2) is 12.3 Å². The molecule has 0 unspecified atom stereocenters. The zero-order valence-electron chi connectivity index (χ0n) is 10.2. The SMILES string of the molecule is CC(C)(CNC(=O)c1cc(F)cnc1N)C(N)=O. The summed E-state index contributed by atoms with van der Waals surface area (Å²) in [6.45, 7) is 3.20. The fourth-order valence-corrected chi connectivity index (χ4v) is 1.12. The van der Waals surface area contributed by atoms with E-state index in [9.17, 15) is 14.0 Å². The first-order valence-corrected chi connectivity index (χ1v) is 5.23. The van der Waals surface area contributed by atoms with Crippen LogP contribution in [0.3, 0.4) is 0 Å². The molecular formula is C11H15FN4O2. The summed E-state index contributed by atoms with van der Waals surface area (Å²) in [4.78, 5) is 26.3. The molecule has 0 radical (unpaired) electrons. The van der Waals surface area contributed by atoms with Crippen molar-refractivity contribution in [2.24, 2.45) is 11.1 Å². The lowest BCUT2D eigenvalue weighted by atomic mass is 9.92. The Morgan fingerprint density at radius 3 is 2.67 bits per heavy atom. The van der Waals surface area contributed by atoms with Gasteiger partial charge in [-0.05, 0) is 19.9 Å². The lowest BCUT2D eigenvalue weighted by Gasteiger charge is -2.20. The van der Waals surface area contributed by atoms with Crippen molar-refractivity contribution in [3.05, 3.63) is 23.6 Å². The number of nitrogens with two attached hydrogens (primary N) is 2. The van der Waals surface area contributed by atoms with Crippen LogP contribution >= 0.6 is 0 Å². The monoisotopic (exact) mass is 254 g/mol. The normalized spacial score (nSPS) is 11.1. The molecule has 0 aliphatic rings. The number of halogens is 1. The van der Waals surface area contributed by atoms with Gasteiger partial charge in [0.2, 0.25) is 5.91 Å². The molecule has 2 amide bonds. The van der Waals surface area contributed by atoms with E-state index in [1.54, 1.807) is 13.8 Å². The molecule has 1 aromatic heterocycles. The number of anilines is 1. The number of nitrogen functional groups attached to an aromatic ring is 1. The standard InChI is InChI=1S/C11H15FN4O2/c1-11(2,10(14)18)5-16-9(17)7-3-6(12)4-15-8(7)13/h3-4H,5H2,1-2H3,(H2,13,15)(H2,14,18)(H,16,17). The summed E-state index contributed by atoms with van der Waals surface area (Å²) in [6.07, 6.45) is 0.916. The smallest absolute Gasteiger partial charge is 0.255 e. The number of carbonyl (C=O) groups is 2. The molecule has 0 saturated heterocycles. The van der Waals surface area contributed by atoms with Crippen LogP contribution in [0.1, 0.15) is 24.2 Å². The summed E-state index contributed by atoms with van der Waals surface area (Å²) in [5.74, 6) is -1.89. The molecule has 0 aromatic carbocycles. The second-order valence-corrected chi connectivity index (χ2v) is 4.52. The van der Waals surface area contributed by atoms with Gasteiger partial charge in [-0.2, -0.15) is 0 Å². The predicted molar refractivity (Wildman–Crippen MR) is 63.9 cm³/mol. The Morgan fingerprint density at radius 1 is 1.50 bits per heavy atom. The minimum absolute atomic E-state index is 0.0249. The van der Waals surface area contributed by atoms with Gasteiger partial charge >= 0.3 is 0 Å². The molecule has 0 fully saturated rings. The average Bonchev–Trinajstić information content (AvgIpc) is 2.29. The first kappa shape index (κ1) is 13.9. The maximum atomic E-state index is 12.9. The van der Waals surface area contributed by atoms with Crippen LogP contribution in [0.2, 0.25) is 0 Å². The molecular weight excluding hydrogens is 239 g/mol. The number of carbonyl (C=O) groups excluding carboxylic acids is 2. The molecule has 1 rings (SSSR count). The largest absolute Gasteiger partial charge is 0.383 e. The molecule has 0 saturated carbocycles. The lowest BCUT2D eigenvalue weighted by Crippen LogP contribution is -2.42. The topological polar surface area (TPSA) is 111 Å². The van der Waals surface area contributed by atoms with E-state index in [1.807, 2.05) is 0 Å². The van der Waals surface area contributed by atoms with E-state index in [2.05, 4.69) is 10.3 Å². The minimum Gasteiger partial charge on any atom is -0.383 e. The highest BCUT2D eigenvalue weighted by atomic mass is 19.1. The van der Waals surface area contributed by atoms with E-state index in [0.717, 1.165) is 12.3 Å². The van der Waals surface area contributed by atoms with Crippen molar-refractivity contribution < 1.29 is 14.0 Å². The number of nitrogens with one attached hydrogen (secondary N) is 1. The zero-order chi connectivity index (χ0) is 13.9. The van der Waals surface area contributed by atoms with Crippen molar-refractivity contribution >= 4 is 17.6 Å². The van der Waals surface area contributed by atoms with Gasteiger partial charge in [0, 0.05) is 6.54 Å². The Labute approximate surface area is 104 Å². The van der Waals surface area contributed by atoms with Gasteiger partial charge in [-0.15, -0.1) is 0 Å². The predicted octanol–water partition coefficient (Wildman–Crippen LogP) is 0.0442. The van der Waals surface area contributed by atoms with Gasteiger partial charge in [-0.25, -0.2) is 9.37 Å². The van der Waals surface area contributed by atoms with Crippen molar-refractivity contribution in [1.82, 2.24) is 10.3 Å². The van der Waals surface area contributed by atoms with Crippen LogP contribution in [0.4, 0.5) is 10.2 Å². The van der Waals surface area contributed by atoms with Gasteiger partial charge in [0.1, 0.15) is 11.6 Å². The summed E-state index contributed by atoms with van der Waals surface area (Å²) >= 11 is 0. The number of hydrogen-bond donors (Lipinski definition) is 3. The number of pyridine rings is 1. The molecule has 0 spiro atoms. The molecule has 0 bridgehead atoms. The summed E-state index contributed by atoms with van der Waals surface area (Å²) in [6, 6.07) is 0.981. The molecule has 7 heteroatoms. The van der Waals surface area contributed by atoms with Crippen molar-refractivity contribution in [2.75, 3.05) is 12.3 Å². The third kappa shape index (κ3) is 3.16. The molecule has 6 nitrogen and oxygen atoms in total. The number of primary amides is 1. The van der Waals surface area contributed by atoms with E-state index >= 15 is 0 Å². The molecule has 0 aliphatic carbocycles. The minimum atomic E-state index is -0.898. The van der Waals surface area contributed by atoms with E-state index in [4.69, 9.17) is 11.5 Å². The van der Waals surface area contributed by atoms with Crippen molar-refractivity contribution in [3.8, 4) is 0 Å². The number of rotatable bonds is 4. The molecule has 5 N–H and O–H groups in total. The second-order valence-electron chi connectivity index (χ2n) is 4.52. The number of amides is 2. The number of aromatic nitrogens is 1. The lowest BCUT2D eigenvalue weighted by molar-refractivity contribution is -0.125. The first-order valence-electron chi connectivity index (χ1n) is 5.23. The number of hydrogen-bond acceptors (Lipinski definition) is 4. The van der Waals surface area contributed by atoms with Gasteiger partial charge in [0.05, 0.1) is 17.2 Å². The van der Waals surface area contributed by atoms with E-state index in [0.29, 0.717) is 0 Å². The van der Waals surface area contributed by atoms with E-state index in [1.165, 1.54) is 0 Å². The third-order valence-electron chi connectivity index (χ3n) is 2.49. The molecule has 98 valence electrons. The summed E-state index contributed by atoms with van der Waals surface area (Å²) < 4.78 is 12.9. The quantitative estimate of drug-likeness (QED) is 0.704. The van der Waals surface area contributed by atoms with Crippen LogP contribution in [0.5, 0.6) is 0 Å². The highest BCUT2D eigenvalue weighted by molar-refractivity contribution is 5.98. The van der Waals surface area contributed by atoms with Crippen LogP contribution in [-0.4, -0.2) is 23.3 Å². The first-order chi connectivity index (χ1) is 8.24. The molecule has 18 heavy (non-hydrogen) atoms. The van der Waals surface area contributed by atoms with E-state index < -0.39 is 23.0 Å². The van der Waals surface area contributed by atoms with Gasteiger partial charge in [-0.1, -0.05) is 0 Å². The van der Waals surface area contributed by atoms with Crippen molar-refractivity contribution in [2.45, 2.75) is 13.8 Å². The van der Waals surface area contributed by atoms with Gasteiger partial charge in [0.15, 0.2) is 0 Å². The van der Waals surface area contributed by atoms with Gasteiger partial charge < -0.3 is 16.8 Å².